The number of rotatable bonds is 8. The average Bonchev–Trinajstić information content (AvgIpc) is 3.23. The van der Waals surface area contributed by atoms with E-state index in [9.17, 15) is 9.59 Å². The van der Waals surface area contributed by atoms with Gasteiger partial charge in [-0.1, -0.05) is 84.5 Å². The second kappa shape index (κ2) is 12.2. The highest BCUT2D eigenvalue weighted by Gasteiger charge is 2.25. The summed E-state index contributed by atoms with van der Waals surface area (Å²) >= 11 is 24.2. The van der Waals surface area contributed by atoms with Crippen LogP contribution in [0.25, 0.3) is 10.9 Å². The number of para-hydroxylation sites is 1. The highest BCUT2D eigenvalue weighted by molar-refractivity contribution is 6.42. The third kappa shape index (κ3) is 6.51. The molecule has 4 aromatic rings. The molecule has 0 fully saturated rings. The van der Waals surface area contributed by atoms with Gasteiger partial charge in [-0.25, -0.2) is 5.43 Å². The van der Waals surface area contributed by atoms with Crippen LogP contribution in [-0.2, 0) is 11.3 Å². The van der Waals surface area contributed by atoms with Crippen molar-refractivity contribution in [3.63, 3.8) is 0 Å². The Hall–Kier alpha value is -3.03. The first-order chi connectivity index (χ1) is 18.1. The summed E-state index contributed by atoms with van der Waals surface area (Å²) in [5.41, 5.74) is 5.67. The number of carbonyl (C=O) groups excluding carboxylic acids is 2. The van der Waals surface area contributed by atoms with Gasteiger partial charge in [0, 0.05) is 34.8 Å². The molecular formula is C28H24Cl4N4O2. The van der Waals surface area contributed by atoms with Crippen LogP contribution in [0.15, 0.2) is 72.0 Å². The van der Waals surface area contributed by atoms with Crippen molar-refractivity contribution in [3.8, 4) is 0 Å². The second-order valence-electron chi connectivity index (χ2n) is 9.04. The third-order valence-electron chi connectivity index (χ3n) is 5.95. The number of aromatic nitrogens is 1. The molecule has 4 rings (SSSR count). The summed E-state index contributed by atoms with van der Waals surface area (Å²) in [7, 11) is 0. The summed E-state index contributed by atoms with van der Waals surface area (Å²) in [6.07, 6.45) is 3.54. The second-order valence-corrected chi connectivity index (χ2v) is 10.7. The molecule has 0 aliphatic carbocycles. The molecule has 0 aliphatic rings. The Bertz CT molecular complexity index is 1530. The van der Waals surface area contributed by atoms with Gasteiger partial charge in [-0.05, 0) is 47.9 Å². The number of carbonyl (C=O) groups is 2. The number of hydrazone groups is 1. The number of nitrogens with zero attached hydrogens (tertiary/aromatic N) is 2. The summed E-state index contributed by atoms with van der Waals surface area (Å²) in [5, 5.41) is 9.50. The van der Waals surface area contributed by atoms with Crippen LogP contribution >= 0.6 is 46.4 Å². The number of halogens is 4. The lowest BCUT2D eigenvalue weighted by atomic mass is 10.0. The van der Waals surface area contributed by atoms with Gasteiger partial charge in [-0.2, -0.15) is 5.10 Å². The standard InChI is InChI=1S/C28H24Cl4N4O2/c1-16(2)26(34-27(37)18-8-10-22(30)24(32)12-18)28(38)35-33-13-19-15-36(25-6-4-3-5-20(19)25)14-17-7-9-21(29)23(31)11-17/h3-13,15-16,26H,14H2,1-2H3,(H,34,37)(H,35,38)/b33-13-. The van der Waals surface area contributed by atoms with Crippen LogP contribution in [0.2, 0.25) is 20.1 Å². The van der Waals surface area contributed by atoms with Crippen molar-refractivity contribution in [2.24, 2.45) is 11.0 Å². The largest absolute Gasteiger partial charge is 0.342 e. The molecule has 0 bridgehead atoms. The maximum absolute atomic E-state index is 12.9. The summed E-state index contributed by atoms with van der Waals surface area (Å²) in [6, 6.07) is 17.2. The van der Waals surface area contributed by atoms with E-state index in [1.54, 1.807) is 18.3 Å². The summed E-state index contributed by atoms with van der Waals surface area (Å²) < 4.78 is 2.08. The maximum atomic E-state index is 12.9. The fourth-order valence-corrected chi connectivity index (χ4v) is 4.59. The minimum atomic E-state index is -0.815. The minimum Gasteiger partial charge on any atom is -0.342 e. The van der Waals surface area contributed by atoms with E-state index in [4.69, 9.17) is 46.4 Å². The lowest BCUT2D eigenvalue weighted by Gasteiger charge is -2.20. The van der Waals surface area contributed by atoms with Gasteiger partial charge in [0.15, 0.2) is 0 Å². The van der Waals surface area contributed by atoms with E-state index in [1.165, 1.54) is 12.1 Å². The molecular weight excluding hydrogens is 566 g/mol. The highest BCUT2D eigenvalue weighted by atomic mass is 35.5. The highest BCUT2D eigenvalue weighted by Crippen LogP contribution is 2.26. The zero-order chi connectivity index (χ0) is 27.4. The number of hydrogen-bond acceptors (Lipinski definition) is 3. The quantitative estimate of drug-likeness (QED) is 0.168. The number of benzene rings is 3. The number of hydrogen-bond donors (Lipinski definition) is 2. The van der Waals surface area contributed by atoms with Gasteiger partial charge in [0.2, 0.25) is 0 Å². The lowest BCUT2D eigenvalue weighted by Crippen LogP contribution is -2.48. The molecule has 10 heteroatoms. The van der Waals surface area contributed by atoms with Gasteiger partial charge in [-0.15, -0.1) is 0 Å². The SMILES string of the molecule is CC(C)C(NC(=O)c1ccc(Cl)c(Cl)c1)C(=O)N/N=C\c1cn(Cc2ccc(Cl)c(Cl)c2)c2ccccc12. The molecule has 0 radical (unpaired) electrons. The van der Waals surface area contributed by atoms with E-state index in [1.807, 2.05) is 56.4 Å². The first-order valence-electron chi connectivity index (χ1n) is 11.7. The van der Waals surface area contributed by atoms with E-state index in [0.29, 0.717) is 27.2 Å². The van der Waals surface area contributed by atoms with Gasteiger partial charge < -0.3 is 9.88 Å². The minimum absolute atomic E-state index is 0.190. The van der Waals surface area contributed by atoms with Crippen molar-refractivity contribution in [2.45, 2.75) is 26.4 Å². The number of nitrogens with one attached hydrogen (secondary N) is 2. The molecule has 0 saturated heterocycles. The molecule has 196 valence electrons. The fraction of sp³-hybridized carbons (Fsp3) is 0.179. The Balaban J connectivity index is 1.49. The van der Waals surface area contributed by atoms with Crippen LogP contribution in [0, 0.1) is 5.92 Å². The molecule has 3 aromatic carbocycles. The van der Waals surface area contributed by atoms with Crippen LogP contribution in [0.3, 0.4) is 0 Å². The molecule has 2 amide bonds. The average molecular weight is 590 g/mol. The van der Waals surface area contributed by atoms with E-state index in [0.717, 1.165) is 22.0 Å². The van der Waals surface area contributed by atoms with Crippen molar-refractivity contribution in [3.05, 3.63) is 104 Å². The molecule has 1 heterocycles. The van der Waals surface area contributed by atoms with E-state index in [2.05, 4.69) is 20.4 Å². The van der Waals surface area contributed by atoms with Gasteiger partial charge in [-0.3, -0.25) is 9.59 Å². The van der Waals surface area contributed by atoms with Crippen molar-refractivity contribution in [1.82, 2.24) is 15.3 Å². The van der Waals surface area contributed by atoms with Crippen LogP contribution in [0.1, 0.15) is 35.3 Å². The van der Waals surface area contributed by atoms with E-state index in [-0.39, 0.29) is 10.9 Å². The van der Waals surface area contributed by atoms with E-state index >= 15 is 0 Å². The fourth-order valence-electron chi connectivity index (χ4n) is 3.98. The zero-order valence-corrected chi connectivity index (χ0v) is 23.5. The first kappa shape index (κ1) is 28.0. The van der Waals surface area contributed by atoms with Crippen LogP contribution < -0.4 is 10.7 Å². The smallest absolute Gasteiger partial charge is 0.262 e. The first-order valence-corrected chi connectivity index (χ1v) is 13.3. The van der Waals surface area contributed by atoms with Crippen LogP contribution in [0.4, 0.5) is 0 Å². The summed E-state index contributed by atoms with van der Waals surface area (Å²) in [4.78, 5) is 25.6. The molecule has 1 aromatic heterocycles. The molecule has 38 heavy (non-hydrogen) atoms. The van der Waals surface area contributed by atoms with Gasteiger partial charge in [0.05, 0.1) is 26.3 Å². The van der Waals surface area contributed by atoms with Crippen molar-refractivity contribution < 1.29 is 9.59 Å². The summed E-state index contributed by atoms with van der Waals surface area (Å²) in [6.45, 7) is 4.24. The topological polar surface area (TPSA) is 75.5 Å². The van der Waals surface area contributed by atoms with Crippen molar-refractivity contribution in [2.75, 3.05) is 0 Å². The van der Waals surface area contributed by atoms with Crippen LogP contribution in [0.5, 0.6) is 0 Å². The Morgan fingerprint density at radius 3 is 2.29 bits per heavy atom. The molecule has 6 nitrogen and oxygen atoms in total. The van der Waals surface area contributed by atoms with Gasteiger partial charge in [0.1, 0.15) is 6.04 Å². The molecule has 0 aliphatic heterocycles. The Morgan fingerprint density at radius 2 is 1.61 bits per heavy atom. The number of amides is 2. The van der Waals surface area contributed by atoms with Crippen LogP contribution in [-0.4, -0.2) is 28.6 Å². The Labute approximate surface area is 240 Å². The third-order valence-corrected chi connectivity index (χ3v) is 7.43. The molecule has 0 saturated carbocycles. The number of fused-ring (bicyclic) bond motifs is 1. The Morgan fingerprint density at radius 1 is 0.921 bits per heavy atom. The maximum Gasteiger partial charge on any atom is 0.262 e. The zero-order valence-electron chi connectivity index (χ0n) is 20.5. The Kier molecular flexibility index (Phi) is 9.00. The van der Waals surface area contributed by atoms with Crippen molar-refractivity contribution in [1.29, 1.82) is 0 Å². The summed E-state index contributed by atoms with van der Waals surface area (Å²) in [5.74, 6) is -1.07. The molecule has 1 unspecified atom stereocenters. The molecule has 1 atom stereocenters. The molecule has 0 spiro atoms. The lowest BCUT2D eigenvalue weighted by molar-refractivity contribution is -0.123. The van der Waals surface area contributed by atoms with E-state index < -0.39 is 17.9 Å². The molecule has 2 N–H and O–H groups in total. The van der Waals surface area contributed by atoms with Crippen molar-refractivity contribution >= 4 is 75.3 Å². The monoisotopic (exact) mass is 588 g/mol. The normalized spacial score (nSPS) is 12.3. The predicted octanol–water partition coefficient (Wildman–Crippen LogP) is 7.21. The van der Waals surface area contributed by atoms with Gasteiger partial charge in [0.25, 0.3) is 11.8 Å². The predicted molar refractivity (Wildman–Crippen MR) is 156 cm³/mol. The van der Waals surface area contributed by atoms with Gasteiger partial charge >= 0.3 is 0 Å².